The highest BCUT2D eigenvalue weighted by Crippen LogP contribution is 2.49. The Morgan fingerprint density at radius 2 is 1.27 bits per heavy atom. The van der Waals surface area contributed by atoms with Crippen molar-refractivity contribution in [3.63, 3.8) is 0 Å². The predicted molar refractivity (Wildman–Crippen MR) is 184 cm³/mol. The Bertz CT molecular complexity index is 2300. The zero-order valence-electron chi connectivity index (χ0n) is 26.6. The van der Waals surface area contributed by atoms with Crippen molar-refractivity contribution in [2.24, 2.45) is 0 Å². The Kier molecular flexibility index (Phi) is 8.15. The van der Waals surface area contributed by atoms with Crippen LogP contribution in [0.2, 0.25) is 0 Å². The van der Waals surface area contributed by atoms with Gasteiger partial charge in [0.15, 0.2) is 19.7 Å². The van der Waals surface area contributed by atoms with Crippen molar-refractivity contribution in [2.75, 3.05) is 6.26 Å². The smallest absolute Gasteiger partial charge is 0.388 e. The predicted octanol–water partition coefficient (Wildman–Crippen LogP) is 7.79. The Labute approximate surface area is 283 Å². The molecule has 0 unspecified atom stereocenters. The fourth-order valence-corrected chi connectivity index (χ4v) is 9.63. The largest absolute Gasteiger partial charge is 0.415 e. The fraction of sp³-hybridized carbons (Fsp3) is 0.184. The molecular formula is C38H32F2N2O5S2. The van der Waals surface area contributed by atoms with Gasteiger partial charge in [-0.1, -0.05) is 103 Å². The third-order valence-electron chi connectivity index (χ3n) is 9.00. The lowest BCUT2D eigenvalue weighted by molar-refractivity contribution is -0.0523. The van der Waals surface area contributed by atoms with E-state index in [1.807, 2.05) is 91.0 Å². The molecule has 0 bridgehead atoms. The van der Waals surface area contributed by atoms with Gasteiger partial charge in [0.1, 0.15) is 5.54 Å². The highest BCUT2D eigenvalue weighted by atomic mass is 32.2. The third kappa shape index (κ3) is 5.60. The van der Waals surface area contributed by atoms with E-state index in [1.165, 1.54) is 18.2 Å². The molecule has 1 aliphatic rings. The van der Waals surface area contributed by atoms with Crippen LogP contribution in [-0.2, 0) is 25.2 Å². The van der Waals surface area contributed by atoms with E-state index in [0.29, 0.717) is 29.5 Å². The molecule has 5 aromatic carbocycles. The van der Waals surface area contributed by atoms with Crippen LogP contribution in [0.4, 0.5) is 8.78 Å². The molecule has 7 nitrogen and oxygen atoms in total. The zero-order valence-corrected chi connectivity index (χ0v) is 28.3. The van der Waals surface area contributed by atoms with Gasteiger partial charge >= 0.3 is 6.61 Å². The first kappa shape index (κ1) is 32.7. The van der Waals surface area contributed by atoms with Crippen molar-refractivity contribution in [3.05, 3.63) is 144 Å². The molecule has 1 fully saturated rings. The second-order valence-electron chi connectivity index (χ2n) is 12.2. The average molecular weight is 699 g/mol. The number of nitrogens with zero attached hydrogens (tertiary/aromatic N) is 2. The van der Waals surface area contributed by atoms with Gasteiger partial charge in [-0.05, 0) is 65.8 Å². The minimum Gasteiger partial charge on any atom is -0.415 e. The van der Waals surface area contributed by atoms with Crippen LogP contribution in [0, 0.1) is 6.92 Å². The van der Waals surface area contributed by atoms with Crippen molar-refractivity contribution in [2.45, 2.75) is 47.0 Å². The van der Waals surface area contributed by atoms with E-state index >= 15 is 0 Å². The minimum absolute atomic E-state index is 0.0580. The summed E-state index contributed by atoms with van der Waals surface area (Å²) in [5.41, 5.74) is 2.23. The molecule has 1 saturated carbocycles. The molecule has 7 rings (SSSR count). The van der Waals surface area contributed by atoms with Gasteiger partial charge in [-0.2, -0.15) is 8.78 Å². The van der Waals surface area contributed by atoms with Crippen LogP contribution in [0.5, 0.6) is 5.88 Å². The van der Waals surface area contributed by atoms with Crippen molar-refractivity contribution in [1.29, 1.82) is 0 Å². The van der Waals surface area contributed by atoms with E-state index in [9.17, 15) is 25.6 Å². The van der Waals surface area contributed by atoms with Gasteiger partial charge in [0.05, 0.1) is 25.9 Å². The first-order chi connectivity index (χ1) is 23.4. The van der Waals surface area contributed by atoms with E-state index in [1.54, 1.807) is 23.7 Å². The van der Waals surface area contributed by atoms with Crippen molar-refractivity contribution in [1.82, 2.24) is 9.78 Å². The number of alkyl halides is 2. The molecule has 11 heteroatoms. The van der Waals surface area contributed by atoms with Gasteiger partial charge in [0, 0.05) is 11.8 Å². The molecule has 1 heterocycles. The number of aromatic nitrogens is 2. The molecule has 0 aliphatic heterocycles. The van der Waals surface area contributed by atoms with Crippen LogP contribution in [0.25, 0.3) is 22.0 Å². The summed E-state index contributed by atoms with van der Waals surface area (Å²) in [6.07, 6.45) is 2.04. The monoisotopic (exact) mass is 698 g/mol. The Balaban J connectivity index is 1.67. The highest BCUT2D eigenvalue weighted by molar-refractivity contribution is 7.92. The average Bonchev–Trinajstić information content (AvgIpc) is 3.89. The summed E-state index contributed by atoms with van der Waals surface area (Å²) in [6, 6.07) is 36.1. The number of aryl methyl sites for hydroxylation is 1. The quantitative estimate of drug-likeness (QED) is 0.136. The van der Waals surface area contributed by atoms with Crippen LogP contribution in [-0.4, -0.2) is 44.7 Å². The van der Waals surface area contributed by atoms with Gasteiger partial charge in [-0.25, -0.2) is 21.5 Å². The van der Waals surface area contributed by atoms with Crippen LogP contribution in [0.3, 0.4) is 0 Å². The molecule has 1 aromatic heterocycles. The van der Waals surface area contributed by atoms with Crippen LogP contribution >= 0.6 is 0 Å². The molecule has 0 amide bonds. The lowest BCUT2D eigenvalue weighted by atomic mass is 9.77. The molecule has 6 aromatic rings. The summed E-state index contributed by atoms with van der Waals surface area (Å²) in [4.78, 5) is 0.0171. The lowest BCUT2D eigenvalue weighted by Gasteiger charge is -2.37. The summed E-state index contributed by atoms with van der Waals surface area (Å²) >= 11 is 0. The van der Waals surface area contributed by atoms with E-state index in [0.717, 1.165) is 22.9 Å². The maximum Gasteiger partial charge on any atom is 0.388 e. The molecule has 0 radical (unpaired) electrons. The molecule has 0 saturated heterocycles. The minimum atomic E-state index is -3.91. The summed E-state index contributed by atoms with van der Waals surface area (Å²) in [6.45, 7) is -1.67. The Morgan fingerprint density at radius 3 is 1.71 bits per heavy atom. The van der Waals surface area contributed by atoms with Crippen LogP contribution < -0.4 is 4.74 Å². The fourth-order valence-electron chi connectivity index (χ4n) is 6.79. The summed E-state index contributed by atoms with van der Waals surface area (Å²) in [5.74, 6) is -0.454. The van der Waals surface area contributed by atoms with Gasteiger partial charge in [0.2, 0.25) is 5.88 Å². The van der Waals surface area contributed by atoms with Gasteiger partial charge in [-0.15, -0.1) is 5.10 Å². The van der Waals surface area contributed by atoms with E-state index in [-0.39, 0.29) is 20.7 Å². The summed E-state index contributed by atoms with van der Waals surface area (Å²) in [5, 5.41) is 4.26. The molecular weight excluding hydrogens is 667 g/mol. The highest BCUT2D eigenvalue weighted by Gasteiger charge is 2.44. The topological polar surface area (TPSA) is 95.3 Å². The second kappa shape index (κ2) is 12.2. The number of hydrogen-bond donors (Lipinski definition) is 0. The van der Waals surface area contributed by atoms with Gasteiger partial charge < -0.3 is 4.74 Å². The van der Waals surface area contributed by atoms with E-state index in [2.05, 4.69) is 0 Å². The third-order valence-corrected chi connectivity index (χ3v) is 12.6. The van der Waals surface area contributed by atoms with Crippen molar-refractivity contribution >= 4 is 30.6 Å². The zero-order chi connectivity index (χ0) is 34.6. The standard InChI is InChI=1S/C38H32F2N2O5S2/c1-25-24-26(18-22-32(25)48(2,43)44)34-33(49(45,46)30-19-20-30)23-21-31-35(34)36(47-37(39)40)41-42(31)38(27-12-6-3-7-13-27,28-14-8-4-9-15-28)29-16-10-5-11-17-29/h3-18,21-24,30,37H,19-20H2,1-2H3. The number of benzene rings is 5. The molecule has 250 valence electrons. The Morgan fingerprint density at radius 1 is 0.755 bits per heavy atom. The van der Waals surface area contributed by atoms with Gasteiger partial charge in [-0.3, -0.25) is 0 Å². The number of halogens is 2. The number of fused-ring (bicyclic) bond motifs is 1. The second-order valence-corrected chi connectivity index (χ2v) is 16.4. The number of hydrogen-bond acceptors (Lipinski definition) is 6. The van der Waals surface area contributed by atoms with E-state index in [4.69, 9.17) is 9.84 Å². The van der Waals surface area contributed by atoms with Crippen LogP contribution in [0.15, 0.2) is 131 Å². The number of sulfone groups is 2. The van der Waals surface area contributed by atoms with Crippen LogP contribution in [0.1, 0.15) is 35.1 Å². The normalized spacial score (nSPS) is 14.0. The lowest BCUT2D eigenvalue weighted by Crippen LogP contribution is -2.38. The van der Waals surface area contributed by atoms with Crippen molar-refractivity contribution in [3.8, 4) is 17.0 Å². The molecule has 0 atom stereocenters. The van der Waals surface area contributed by atoms with E-state index < -0.39 is 43.0 Å². The molecule has 49 heavy (non-hydrogen) atoms. The van der Waals surface area contributed by atoms with Crippen molar-refractivity contribution < 1.29 is 30.4 Å². The first-order valence-electron chi connectivity index (χ1n) is 15.7. The first-order valence-corrected chi connectivity index (χ1v) is 19.1. The molecule has 0 spiro atoms. The SMILES string of the molecule is Cc1cc(-c2c(S(=O)(=O)C3CC3)ccc3c2c(OC(F)F)nn3C(c2ccccc2)(c2ccccc2)c2ccccc2)ccc1S(C)(=O)=O. The maximum absolute atomic E-state index is 14.3. The number of rotatable bonds is 10. The molecule has 1 aliphatic carbocycles. The van der Waals surface area contributed by atoms with Gasteiger partial charge in [0.25, 0.3) is 0 Å². The summed E-state index contributed by atoms with van der Waals surface area (Å²) in [7, 11) is -7.52. The number of ether oxygens (including phenoxy) is 1. The molecule has 0 N–H and O–H groups in total. The summed E-state index contributed by atoms with van der Waals surface area (Å²) < 4.78 is 88.5. The Hall–Kier alpha value is -4.87. The maximum atomic E-state index is 14.3.